The van der Waals surface area contributed by atoms with E-state index < -0.39 is 6.61 Å². The zero-order valence-corrected chi connectivity index (χ0v) is 11.1. The van der Waals surface area contributed by atoms with Crippen LogP contribution in [-0.2, 0) is 0 Å². The smallest absolute Gasteiger partial charge is 0.387 e. The molecule has 1 aromatic carbocycles. The van der Waals surface area contributed by atoms with Crippen molar-refractivity contribution in [1.29, 1.82) is 0 Å². The van der Waals surface area contributed by atoms with Gasteiger partial charge >= 0.3 is 6.61 Å². The Morgan fingerprint density at radius 2 is 2.24 bits per heavy atom. The SMILES string of the molecule is O=C(NCCCI)c1cccc(OC(F)F)c1. The fourth-order valence-corrected chi connectivity index (χ4v) is 1.57. The maximum absolute atomic E-state index is 12.0. The number of halogens is 3. The Bertz CT molecular complexity index is 374. The first kappa shape index (κ1) is 14.1. The normalized spacial score (nSPS) is 10.4. The molecule has 0 aliphatic rings. The van der Waals surface area contributed by atoms with Gasteiger partial charge < -0.3 is 10.1 Å². The minimum atomic E-state index is -2.88. The summed E-state index contributed by atoms with van der Waals surface area (Å²) >= 11 is 2.21. The van der Waals surface area contributed by atoms with Gasteiger partial charge in [-0.25, -0.2) is 0 Å². The van der Waals surface area contributed by atoms with E-state index in [1.54, 1.807) is 6.07 Å². The number of hydrogen-bond donors (Lipinski definition) is 1. The topological polar surface area (TPSA) is 38.3 Å². The Balaban J connectivity index is 2.60. The van der Waals surface area contributed by atoms with Crippen LogP contribution in [0.1, 0.15) is 16.8 Å². The van der Waals surface area contributed by atoms with Gasteiger partial charge in [-0.2, -0.15) is 8.78 Å². The lowest BCUT2D eigenvalue weighted by atomic mass is 10.2. The highest BCUT2D eigenvalue weighted by molar-refractivity contribution is 14.1. The number of hydrogen-bond acceptors (Lipinski definition) is 2. The van der Waals surface area contributed by atoms with Crippen molar-refractivity contribution in [2.24, 2.45) is 0 Å². The summed E-state index contributed by atoms with van der Waals surface area (Å²) in [5.74, 6) is -0.295. The number of alkyl halides is 3. The molecule has 0 bridgehead atoms. The third kappa shape index (κ3) is 5.29. The molecule has 0 heterocycles. The van der Waals surface area contributed by atoms with Gasteiger partial charge in [-0.05, 0) is 24.6 Å². The van der Waals surface area contributed by atoms with Crippen LogP contribution in [-0.4, -0.2) is 23.5 Å². The standard InChI is InChI=1S/C11H12F2INO2/c12-11(13)17-9-4-1-3-8(7-9)10(16)15-6-2-5-14/h1,3-4,7,11H,2,5-6H2,(H,15,16). The zero-order chi connectivity index (χ0) is 12.7. The molecule has 1 aromatic rings. The van der Waals surface area contributed by atoms with Crippen molar-refractivity contribution in [2.75, 3.05) is 11.0 Å². The molecule has 0 aliphatic heterocycles. The highest BCUT2D eigenvalue weighted by Gasteiger charge is 2.08. The second kappa shape index (κ2) is 7.41. The highest BCUT2D eigenvalue weighted by Crippen LogP contribution is 2.15. The van der Waals surface area contributed by atoms with E-state index in [0.717, 1.165) is 10.8 Å². The van der Waals surface area contributed by atoms with Crippen molar-refractivity contribution in [2.45, 2.75) is 13.0 Å². The molecule has 94 valence electrons. The molecule has 1 rings (SSSR count). The Morgan fingerprint density at radius 1 is 1.47 bits per heavy atom. The minimum Gasteiger partial charge on any atom is -0.435 e. The van der Waals surface area contributed by atoms with Crippen molar-refractivity contribution in [3.63, 3.8) is 0 Å². The summed E-state index contributed by atoms with van der Waals surface area (Å²) in [5, 5.41) is 2.69. The van der Waals surface area contributed by atoms with Gasteiger partial charge in [0.2, 0.25) is 0 Å². The summed E-state index contributed by atoms with van der Waals surface area (Å²) < 4.78 is 29.1. The van der Waals surface area contributed by atoms with E-state index >= 15 is 0 Å². The maximum atomic E-state index is 12.0. The molecule has 0 radical (unpaired) electrons. The molecule has 0 saturated heterocycles. The van der Waals surface area contributed by atoms with E-state index in [9.17, 15) is 13.6 Å². The van der Waals surface area contributed by atoms with Crippen LogP contribution < -0.4 is 10.1 Å². The quantitative estimate of drug-likeness (QED) is 0.484. The van der Waals surface area contributed by atoms with Gasteiger partial charge in [0.15, 0.2) is 0 Å². The first-order chi connectivity index (χ1) is 8.13. The molecular weight excluding hydrogens is 343 g/mol. The molecule has 0 atom stereocenters. The van der Waals surface area contributed by atoms with Gasteiger partial charge in [0.1, 0.15) is 5.75 Å². The van der Waals surface area contributed by atoms with Crippen molar-refractivity contribution < 1.29 is 18.3 Å². The van der Waals surface area contributed by atoms with Gasteiger partial charge in [0.25, 0.3) is 5.91 Å². The molecule has 0 aliphatic carbocycles. The van der Waals surface area contributed by atoms with Gasteiger partial charge in [0.05, 0.1) is 0 Å². The van der Waals surface area contributed by atoms with Crippen molar-refractivity contribution in [3.05, 3.63) is 29.8 Å². The molecule has 3 nitrogen and oxygen atoms in total. The Labute approximate surface area is 112 Å². The summed E-state index contributed by atoms with van der Waals surface area (Å²) in [5.41, 5.74) is 0.316. The van der Waals surface area contributed by atoms with E-state index in [4.69, 9.17) is 0 Å². The fourth-order valence-electron chi connectivity index (χ4n) is 1.18. The number of ether oxygens (including phenoxy) is 1. The van der Waals surface area contributed by atoms with E-state index in [-0.39, 0.29) is 11.7 Å². The lowest BCUT2D eigenvalue weighted by Crippen LogP contribution is -2.24. The molecule has 1 N–H and O–H groups in total. The molecule has 0 spiro atoms. The zero-order valence-electron chi connectivity index (χ0n) is 8.96. The molecule has 0 unspecified atom stereocenters. The number of amides is 1. The van der Waals surface area contributed by atoms with Gasteiger partial charge in [-0.3, -0.25) is 4.79 Å². The number of carbonyl (C=O) groups is 1. The Morgan fingerprint density at radius 3 is 2.88 bits per heavy atom. The minimum absolute atomic E-state index is 0.0125. The van der Waals surface area contributed by atoms with E-state index in [2.05, 4.69) is 32.6 Å². The van der Waals surface area contributed by atoms with Crippen LogP contribution in [0.4, 0.5) is 8.78 Å². The lowest BCUT2D eigenvalue weighted by molar-refractivity contribution is -0.0498. The number of nitrogens with one attached hydrogen (secondary N) is 1. The molecule has 17 heavy (non-hydrogen) atoms. The monoisotopic (exact) mass is 355 g/mol. The second-order valence-corrected chi connectivity index (χ2v) is 4.28. The summed E-state index contributed by atoms with van der Waals surface area (Å²) in [7, 11) is 0. The largest absolute Gasteiger partial charge is 0.435 e. The van der Waals surface area contributed by atoms with Crippen LogP contribution >= 0.6 is 22.6 Å². The molecular formula is C11H12F2INO2. The number of rotatable bonds is 6. The average Bonchev–Trinajstić information content (AvgIpc) is 2.28. The maximum Gasteiger partial charge on any atom is 0.387 e. The van der Waals surface area contributed by atoms with Crippen molar-refractivity contribution in [3.8, 4) is 5.75 Å². The highest BCUT2D eigenvalue weighted by atomic mass is 127. The molecule has 6 heteroatoms. The Hall–Kier alpha value is -0.920. The van der Waals surface area contributed by atoms with E-state index in [0.29, 0.717) is 12.1 Å². The first-order valence-electron chi connectivity index (χ1n) is 5.02. The average molecular weight is 355 g/mol. The molecule has 0 fully saturated rings. The third-order valence-corrected chi connectivity index (χ3v) is 2.68. The van der Waals surface area contributed by atoms with Gasteiger partial charge in [0, 0.05) is 16.5 Å². The predicted molar refractivity (Wildman–Crippen MR) is 68.9 cm³/mol. The summed E-state index contributed by atoms with van der Waals surface area (Å²) in [4.78, 5) is 11.6. The third-order valence-electron chi connectivity index (χ3n) is 1.92. The van der Waals surface area contributed by atoms with Crippen LogP contribution in [0.5, 0.6) is 5.75 Å². The second-order valence-electron chi connectivity index (χ2n) is 3.20. The molecule has 0 aromatic heterocycles. The van der Waals surface area contributed by atoms with Crippen molar-refractivity contribution >= 4 is 28.5 Å². The number of benzene rings is 1. The van der Waals surface area contributed by atoms with Crippen LogP contribution in [0.2, 0.25) is 0 Å². The Kier molecular flexibility index (Phi) is 6.17. The van der Waals surface area contributed by atoms with Crippen LogP contribution in [0.25, 0.3) is 0 Å². The van der Waals surface area contributed by atoms with Gasteiger partial charge in [-0.15, -0.1) is 0 Å². The van der Waals surface area contributed by atoms with E-state index in [1.165, 1.54) is 18.2 Å². The lowest BCUT2D eigenvalue weighted by Gasteiger charge is -2.07. The van der Waals surface area contributed by atoms with E-state index in [1.807, 2.05) is 0 Å². The molecule has 0 saturated carbocycles. The number of carbonyl (C=O) groups excluding carboxylic acids is 1. The molecule has 1 amide bonds. The summed E-state index contributed by atoms with van der Waals surface area (Å²) in [6.45, 7) is -2.31. The van der Waals surface area contributed by atoms with Crippen LogP contribution in [0.3, 0.4) is 0 Å². The van der Waals surface area contributed by atoms with Crippen LogP contribution in [0, 0.1) is 0 Å². The summed E-state index contributed by atoms with van der Waals surface area (Å²) in [6, 6.07) is 5.74. The first-order valence-corrected chi connectivity index (χ1v) is 6.55. The van der Waals surface area contributed by atoms with Crippen molar-refractivity contribution in [1.82, 2.24) is 5.32 Å². The van der Waals surface area contributed by atoms with Gasteiger partial charge in [-0.1, -0.05) is 28.7 Å². The summed E-state index contributed by atoms with van der Waals surface area (Å²) in [6.07, 6.45) is 0.875. The predicted octanol–water partition coefficient (Wildman–Crippen LogP) is 2.84. The van der Waals surface area contributed by atoms with Crippen LogP contribution in [0.15, 0.2) is 24.3 Å². The fraction of sp³-hybridized carbons (Fsp3) is 0.364.